The van der Waals surface area contributed by atoms with Crippen molar-refractivity contribution in [1.82, 2.24) is 19.0 Å². The number of benzene rings is 1. The van der Waals surface area contributed by atoms with Crippen LogP contribution in [-0.2, 0) is 16.1 Å². The molecule has 1 spiro atoms. The highest BCUT2D eigenvalue weighted by atomic mass is 32.1. The average molecular weight is 346 g/mol. The number of hydrogen-bond donors (Lipinski definition) is 2. The molecular weight excluding hydrogens is 328 g/mol. The van der Waals surface area contributed by atoms with E-state index in [1.807, 2.05) is 6.07 Å². The third-order valence-electron chi connectivity index (χ3n) is 5.22. The fourth-order valence-electron chi connectivity index (χ4n) is 3.89. The van der Waals surface area contributed by atoms with Crippen LogP contribution in [0.25, 0.3) is 11.0 Å². The summed E-state index contributed by atoms with van der Waals surface area (Å²) in [5.41, 5.74) is 2.44. The number of nitrogens with zero attached hydrogens (tertiary/aromatic N) is 3. The number of piperidine rings is 1. The maximum atomic E-state index is 11.7. The van der Waals surface area contributed by atoms with E-state index in [1.54, 1.807) is 0 Å². The largest absolute Gasteiger partial charge is 0.481 e. The normalized spacial score (nSPS) is 23.7. The zero-order valence-electron chi connectivity index (χ0n) is 13.1. The van der Waals surface area contributed by atoms with Crippen LogP contribution in [0.2, 0.25) is 0 Å². The molecule has 0 bridgehead atoms. The van der Waals surface area contributed by atoms with Crippen molar-refractivity contribution in [2.45, 2.75) is 31.3 Å². The van der Waals surface area contributed by atoms with Gasteiger partial charge in [0.2, 0.25) is 5.91 Å². The summed E-state index contributed by atoms with van der Waals surface area (Å²) in [6, 6.07) is 6.10. The molecule has 2 aliphatic rings. The molecule has 1 amide bonds. The third-order valence-corrected chi connectivity index (χ3v) is 5.77. The van der Waals surface area contributed by atoms with Crippen molar-refractivity contribution < 1.29 is 14.7 Å². The number of rotatable bonds is 3. The molecule has 8 heteroatoms. The zero-order valence-corrected chi connectivity index (χ0v) is 13.9. The van der Waals surface area contributed by atoms with Crippen molar-refractivity contribution in [3.63, 3.8) is 0 Å². The van der Waals surface area contributed by atoms with Crippen LogP contribution in [0.4, 0.5) is 0 Å². The number of nitrogens with one attached hydrogen (secondary N) is 1. The van der Waals surface area contributed by atoms with E-state index >= 15 is 0 Å². The van der Waals surface area contributed by atoms with Gasteiger partial charge in [0.1, 0.15) is 11.0 Å². The molecule has 24 heavy (non-hydrogen) atoms. The van der Waals surface area contributed by atoms with Crippen molar-refractivity contribution in [2.75, 3.05) is 13.1 Å². The highest BCUT2D eigenvalue weighted by molar-refractivity contribution is 7.00. The minimum atomic E-state index is -0.872. The molecule has 4 rings (SSSR count). The van der Waals surface area contributed by atoms with E-state index in [1.165, 1.54) is 17.3 Å². The van der Waals surface area contributed by atoms with E-state index in [0.717, 1.165) is 30.7 Å². The quantitative estimate of drug-likeness (QED) is 0.868. The summed E-state index contributed by atoms with van der Waals surface area (Å²) < 4.78 is 8.48. The zero-order chi connectivity index (χ0) is 16.7. The maximum absolute atomic E-state index is 11.7. The standard InChI is InChI=1S/C16H18N4O3S/c21-14-8-11(15(22)23)16(17-14)3-5-20(6-4-16)9-10-1-2-12-13(7-10)19-24-18-12/h1-2,7,11H,3-6,8-9H2,(H,17,21)(H,22,23)/t11-/m1/s1. The molecule has 1 atom stereocenters. The number of carboxylic acid groups (broad SMARTS) is 1. The molecule has 126 valence electrons. The van der Waals surface area contributed by atoms with Gasteiger partial charge in [0.05, 0.1) is 23.2 Å². The Balaban J connectivity index is 1.44. The van der Waals surface area contributed by atoms with Gasteiger partial charge in [-0.3, -0.25) is 14.5 Å². The number of aliphatic carboxylic acids is 1. The fourth-order valence-corrected chi connectivity index (χ4v) is 4.41. The molecule has 2 N–H and O–H groups in total. The number of aromatic nitrogens is 2. The van der Waals surface area contributed by atoms with Crippen LogP contribution in [0, 0.1) is 5.92 Å². The van der Waals surface area contributed by atoms with Gasteiger partial charge in [0.25, 0.3) is 0 Å². The number of carboxylic acids is 1. The molecule has 1 aromatic carbocycles. The molecule has 2 aliphatic heterocycles. The Hall–Kier alpha value is -2.06. The predicted molar refractivity (Wildman–Crippen MR) is 88.5 cm³/mol. The number of hydrogen-bond acceptors (Lipinski definition) is 6. The van der Waals surface area contributed by atoms with Gasteiger partial charge in [-0.15, -0.1) is 0 Å². The van der Waals surface area contributed by atoms with Gasteiger partial charge in [-0.25, -0.2) is 0 Å². The number of likely N-dealkylation sites (tertiary alicyclic amines) is 1. The van der Waals surface area contributed by atoms with Crippen molar-refractivity contribution >= 4 is 34.6 Å². The second kappa shape index (κ2) is 5.78. The minimum Gasteiger partial charge on any atom is -0.481 e. The van der Waals surface area contributed by atoms with E-state index in [2.05, 4.69) is 31.1 Å². The Kier molecular flexibility index (Phi) is 3.73. The smallest absolute Gasteiger partial charge is 0.309 e. The van der Waals surface area contributed by atoms with Crippen molar-refractivity contribution in [3.8, 4) is 0 Å². The van der Waals surface area contributed by atoms with Crippen LogP contribution in [0.15, 0.2) is 18.2 Å². The summed E-state index contributed by atoms with van der Waals surface area (Å²) in [7, 11) is 0. The molecule has 0 radical (unpaired) electrons. The lowest BCUT2D eigenvalue weighted by Gasteiger charge is -2.41. The predicted octanol–water partition coefficient (Wildman–Crippen LogP) is 1.25. The van der Waals surface area contributed by atoms with Gasteiger partial charge in [-0.2, -0.15) is 8.75 Å². The summed E-state index contributed by atoms with van der Waals surface area (Å²) in [5.74, 6) is -1.62. The lowest BCUT2D eigenvalue weighted by molar-refractivity contribution is -0.144. The first-order valence-corrected chi connectivity index (χ1v) is 8.76. The summed E-state index contributed by atoms with van der Waals surface area (Å²) in [4.78, 5) is 25.5. The van der Waals surface area contributed by atoms with E-state index in [4.69, 9.17) is 0 Å². The minimum absolute atomic E-state index is 0.100. The number of fused-ring (bicyclic) bond motifs is 1. The number of carbonyl (C=O) groups is 2. The summed E-state index contributed by atoms with van der Waals surface area (Å²) in [6.07, 6.45) is 1.45. The first kappa shape index (κ1) is 15.5. The third kappa shape index (κ3) is 2.65. The first-order valence-electron chi connectivity index (χ1n) is 8.03. The molecule has 2 saturated heterocycles. The molecule has 1 aromatic heterocycles. The highest BCUT2D eigenvalue weighted by Crippen LogP contribution is 2.37. The van der Waals surface area contributed by atoms with Crippen molar-refractivity contribution in [3.05, 3.63) is 23.8 Å². The van der Waals surface area contributed by atoms with Gasteiger partial charge in [-0.05, 0) is 30.5 Å². The Morgan fingerprint density at radius 3 is 2.83 bits per heavy atom. The SMILES string of the molecule is O=C1C[C@H](C(=O)O)C2(CCN(Cc3ccc4nsnc4c3)CC2)N1. The fraction of sp³-hybridized carbons (Fsp3) is 0.500. The Morgan fingerprint density at radius 1 is 1.33 bits per heavy atom. The van der Waals surface area contributed by atoms with Gasteiger partial charge in [0, 0.05) is 26.1 Å². The van der Waals surface area contributed by atoms with Gasteiger partial charge in [0.15, 0.2) is 0 Å². The molecule has 2 aromatic rings. The first-order chi connectivity index (χ1) is 11.6. The van der Waals surface area contributed by atoms with Crippen LogP contribution >= 0.6 is 11.7 Å². The van der Waals surface area contributed by atoms with Crippen molar-refractivity contribution in [2.24, 2.45) is 5.92 Å². The molecule has 3 heterocycles. The van der Waals surface area contributed by atoms with Gasteiger partial charge < -0.3 is 10.4 Å². The molecular formula is C16H18N4O3S. The highest BCUT2D eigenvalue weighted by Gasteiger charge is 2.51. The topological polar surface area (TPSA) is 95.4 Å². The van der Waals surface area contributed by atoms with E-state index in [0.29, 0.717) is 12.8 Å². The monoisotopic (exact) mass is 346 g/mol. The lowest BCUT2D eigenvalue weighted by atomic mass is 9.77. The van der Waals surface area contributed by atoms with E-state index in [-0.39, 0.29) is 12.3 Å². The van der Waals surface area contributed by atoms with E-state index < -0.39 is 17.4 Å². The van der Waals surface area contributed by atoms with Crippen LogP contribution in [0.1, 0.15) is 24.8 Å². The lowest BCUT2D eigenvalue weighted by Crippen LogP contribution is -2.55. The Bertz CT molecular complexity index is 797. The number of carbonyl (C=O) groups excluding carboxylic acids is 1. The second-order valence-corrected chi connectivity index (χ2v) is 7.19. The number of amides is 1. The maximum Gasteiger partial charge on any atom is 0.309 e. The molecule has 0 unspecified atom stereocenters. The van der Waals surface area contributed by atoms with Crippen LogP contribution in [0.3, 0.4) is 0 Å². The Morgan fingerprint density at radius 2 is 2.08 bits per heavy atom. The Labute approximate surface area is 143 Å². The summed E-state index contributed by atoms with van der Waals surface area (Å²) in [5, 5.41) is 12.4. The van der Waals surface area contributed by atoms with Gasteiger partial charge in [-0.1, -0.05) is 6.07 Å². The second-order valence-electron chi connectivity index (χ2n) is 6.66. The van der Waals surface area contributed by atoms with E-state index in [9.17, 15) is 14.7 Å². The van der Waals surface area contributed by atoms with Crippen LogP contribution in [0.5, 0.6) is 0 Å². The summed E-state index contributed by atoms with van der Waals surface area (Å²) >= 11 is 1.21. The summed E-state index contributed by atoms with van der Waals surface area (Å²) in [6.45, 7) is 2.35. The van der Waals surface area contributed by atoms with Gasteiger partial charge >= 0.3 is 5.97 Å². The molecule has 7 nitrogen and oxygen atoms in total. The van der Waals surface area contributed by atoms with Crippen LogP contribution < -0.4 is 5.32 Å². The molecule has 0 saturated carbocycles. The molecule has 0 aliphatic carbocycles. The average Bonchev–Trinajstić information content (AvgIpc) is 3.14. The molecule has 2 fully saturated rings. The van der Waals surface area contributed by atoms with Crippen molar-refractivity contribution in [1.29, 1.82) is 0 Å². The van der Waals surface area contributed by atoms with Crippen LogP contribution in [-0.4, -0.2) is 49.3 Å².